The molecule has 3 aromatic rings. The van der Waals surface area contributed by atoms with Crippen molar-refractivity contribution in [1.29, 1.82) is 0 Å². The van der Waals surface area contributed by atoms with E-state index in [2.05, 4.69) is 73.9 Å². The number of benzene rings is 2. The molecule has 0 saturated carbocycles. The summed E-state index contributed by atoms with van der Waals surface area (Å²) >= 11 is 0. The summed E-state index contributed by atoms with van der Waals surface area (Å²) in [5.74, 6) is 0. The number of anilines is 2. The van der Waals surface area contributed by atoms with Crippen LogP contribution in [0.2, 0.25) is 0 Å². The van der Waals surface area contributed by atoms with Crippen LogP contribution in [0.1, 0.15) is 47.6 Å². The minimum Gasteiger partial charge on any atom is -0.399 e. The van der Waals surface area contributed by atoms with Crippen molar-refractivity contribution in [2.45, 2.75) is 58.8 Å². The molecule has 0 N–H and O–H groups in total. The molecule has 190 valence electrons. The van der Waals surface area contributed by atoms with Crippen LogP contribution in [-0.2, 0) is 9.31 Å². The maximum Gasteiger partial charge on any atom is 0.494 e. The van der Waals surface area contributed by atoms with E-state index in [0.29, 0.717) is 0 Å². The lowest BCUT2D eigenvalue weighted by molar-refractivity contribution is 0.00578. The molecule has 3 heterocycles. The van der Waals surface area contributed by atoms with Crippen LogP contribution in [0.5, 0.6) is 0 Å². The Bertz CT molecular complexity index is 1240. The van der Waals surface area contributed by atoms with Crippen molar-refractivity contribution < 1.29 is 9.31 Å². The Labute approximate surface area is 214 Å². The quantitative estimate of drug-likeness (QED) is 0.511. The van der Waals surface area contributed by atoms with Gasteiger partial charge in [0.25, 0.3) is 0 Å². The van der Waals surface area contributed by atoms with Crippen molar-refractivity contribution in [3.63, 3.8) is 0 Å². The van der Waals surface area contributed by atoms with Crippen LogP contribution in [0, 0.1) is 0 Å². The normalized spacial score (nSPS) is 19.4. The van der Waals surface area contributed by atoms with Crippen molar-refractivity contribution in [3.05, 3.63) is 71.4 Å². The van der Waals surface area contributed by atoms with Crippen molar-refractivity contribution in [3.8, 4) is 5.69 Å². The average Bonchev–Trinajstić information content (AvgIpc) is 3.35. The maximum atomic E-state index is 12.6. The van der Waals surface area contributed by atoms with E-state index in [9.17, 15) is 4.79 Å². The zero-order valence-electron chi connectivity index (χ0n) is 22.3. The highest BCUT2D eigenvalue weighted by atomic mass is 16.7. The Kier molecular flexibility index (Phi) is 6.29. The predicted molar refractivity (Wildman–Crippen MR) is 147 cm³/mol. The lowest BCUT2D eigenvalue weighted by Crippen LogP contribution is -2.46. The first-order valence-electron chi connectivity index (χ1n) is 12.9. The summed E-state index contributed by atoms with van der Waals surface area (Å²) in [4.78, 5) is 17.4. The highest BCUT2D eigenvalue weighted by Crippen LogP contribution is 2.36. The van der Waals surface area contributed by atoms with E-state index < -0.39 is 0 Å². The largest absolute Gasteiger partial charge is 0.494 e. The minimum atomic E-state index is -0.333. The molecule has 2 saturated heterocycles. The molecule has 0 bridgehead atoms. The Morgan fingerprint density at radius 2 is 1.17 bits per heavy atom. The monoisotopic (exact) mass is 488 g/mol. The first-order valence-corrected chi connectivity index (χ1v) is 12.9. The Hall–Kier alpha value is -2.97. The molecule has 0 spiro atoms. The molecule has 2 aliphatic heterocycles. The second kappa shape index (κ2) is 9.16. The average molecular weight is 488 g/mol. The van der Waals surface area contributed by atoms with Crippen molar-refractivity contribution in [2.75, 3.05) is 36.0 Å². The Morgan fingerprint density at radius 3 is 1.61 bits per heavy atom. The molecule has 0 aliphatic carbocycles. The standard InChI is InChI=1S/C28H37BN4O3/c1-21(2)32-19-20-33(26(32)34)25-13-11-24(12-14-25)31-17-15-30(16-18-31)23-9-7-22(8-10-23)29-35-27(3,4)28(5,6)36-29/h7-14,19-21H,15-18H2,1-6H3. The minimum absolute atomic E-state index is 0.00383. The van der Waals surface area contributed by atoms with Gasteiger partial charge in [-0.2, -0.15) is 0 Å². The van der Waals surface area contributed by atoms with E-state index in [1.54, 1.807) is 9.13 Å². The number of rotatable bonds is 5. The van der Waals surface area contributed by atoms with Crippen molar-refractivity contribution in [1.82, 2.24) is 9.13 Å². The number of hydrogen-bond donors (Lipinski definition) is 0. The summed E-state index contributed by atoms with van der Waals surface area (Å²) in [5, 5.41) is 0. The number of nitrogens with zero attached hydrogens (tertiary/aromatic N) is 4. The van der Waals surface area contributed by atoms with Crippen LogP contribution >= 0.6 is 0 Å². The summed E-state index contributed by atoms with van der Waals surface area (Å²) in [7, 11) is -0.330. The van der Waals surface area contributed by atoms with Crippen LogP contribution in [0.15, 0.2) is 65.7 Å². The van der Waals surface area contributed by atoms with E-state index in [0.717, 1.165) is 37.3 Å². The summed E-state index contributed by atoms with van der Waals surface area (Å²) in [6.07, 6.45) is 3.69. The SMILES string of the molecule is CC(C)n1ccn(-c2ccc(N3CCN(c4ccc(B5OC(C)(C)C(C)(C)O5)cc4)CC3)cc2)c1=O. The third-order valence-corrected chi connectivity index (χ3v) is 7.92. The van der Waals surface area contributed by atoms with Crippen LogP contribution in [0.25, 0.3) is 5.69 Å². The van der Waals surface area contributed by atoms with Gasteiger partial charge in [-0.1, -0.05) is 12.1 Å². The smallest absolute Gasteiger partial charge is 0.399 e. The second-order valence-corrected chi connectivity index (χ2v) is 11.1. The summed E-state index contributed by atoms with van der Waals surface area (Å²) in [6, 6.07) is 17.0. The summed E-state index contributed by atoms with van der Waals surface area (Å²) in [5.41, 5.74) is 3.68. The predicted octanol–water partition coefficient (Wildman–Crippen LogP) is 3.85. The van der Waals surface area contributed by atoms with Gasteiger partial charge < -0.3 is 19.1 Å². The third-order valence-electron chi connectivity index (χ3n) is 7.92. The van der Waals surface area contributed by atoms with Gasteiger partial charge in [0.05, 0.1) is 16.9 Å². The highest BCUT2D eigenvalue weighted by molar-refractivity contribution is 6.62. The van der Waals surface area contributed by atoms with E-state index in [1.807, 2.05) is 38.4 Å². The van der Waals surface area contributed by atoms with Crippen molar-refractivity contribution in [2.24, 2.45) is 0 Å². The van der Waals surface area contributed by atoms with Gasteiger partial charge in [0.1, 0.15) is 0 Å². The first-order chi connectivity index (χ1) is 17.1. The zero-order chi connectivity index (χ0) is 25.7. The molecule has 2 aromatic carbocycles. The fourth-order valence-corrected chi connectivity index (χ4v) is 4.85. The molecule has 0 atom stereocenters. The van der Waals surface area contributed by atoms with E-state index in [4.69, 9.17) is 9.31 Å². The van der Waals surface area contributed by atoms with Crippen LogP contribution in [-0.4, -0.2) is 53.6 Å². The second-order valence-electron chi connectivity index (χ2n) is 11.1. The van der Waals surface area contributed by atoms with E-state index in [1.165, 1.54) is 11.4 Å². The van der Waals surface area contributed by atoms with Gasteiger partial charge >= 0.3 is 12.8 Å². The van der Waals surface area contributed by atoms with Gasteiger partial charge in [0.2, 0.25) is 0 Å². The van der Waals surface area contributed by atoms with Crippen LogP contribution in [0.3, 0.4) is 0 Å². The van der Waals surface area contributed by atoms with Crippen LogP contribution in [0.4, 0.5) is 11.4 Å². The molecule has 8 heteroatoms. The molecule has 0 unspecified atom stereocenters. The number of imidazole rings is 1. The third kappa shape index (κ3) is 4.48. The highest BCUT2D eigenvalue weighted by Gasteiger charge is 2.51. The summed E-state index contributed by atoms with van der Waals surface area (Å²) < 4.78 is 15.8. The molecule has 7 nitrogen and oxygen atoms in total. The number of hydrogen-bond acceptors (Lipinski definition) is 5. The van der Waals surface area contributed by atoms with Gasteiger partial charge in [-0.3, -0.25) is 9.13 Å². The molecule has 2 aliphatic rings. The molecule has 2 fully saturated rings. The fraction of sp³-hybridized carbons (Fsp3) is 0.464. The first kappa shape index (κ1) is 24.7. The molecule has 5 rings (SSSR count). The maximum absolute atomic E-state index is 12.6. The molecule has 0 radical (unpaired) electrons. The fourth-order valence-electron chi connectivity index (χ4n) is 4.85. The topological polar surface area (TPSA) is 51.9 Å². The molecule has 1 aromatic heterocycles. The molecule has 0 amide bonds. The summed E-state index contributed by atoms with van der Waals surface area (Å²) in [6.45, 7) is 16.2. The van der Waals surface area contributed by atoms with Gasteiger partial charge in [0.15, 0.2) is 0 Å². The number of aromatic nitrogens is 2. The van der Waals surface area contributed by atoms with E-state index >= 15 is 0 Å². The molecule has 36 heavy (non-hydrogen) atoms. The van der Waals surface area contributed by atoms with Gasteiger partial charge in [-0.15, -0.1) is 0 Å². The van der Waals surface area contributed by atoms with Gasteiger partial charge in [0, 0.05) is 56.0 Å². The lowest BCUT2D eigenvalue weighted by atomic mass is 9.79. The Balaban J connectivity index is 1.20. The van der Waals surface area contributed by atoms with Gasteiger partial charge in [-0.05, 0) is 83.4 Å². The lowest BCUT2D eigenvalue weighted by Gasteiger charge is -2.37. The molecular weight excluding hydrogens is 451 g/mol. The van der Waals surface area contributed by atoms with E-state index in [-0.39, 0.29) is 30.1 Å². The zero-order valence-corrected chi connectivity index (χ0v) is 22.3. The number of piperazine rings is 1. The molecular formula is C28H37BN4O3. The van der Waals surface area contributed by atoms with Crippen LogP contribution < -0.4 is 21.0 Å². The van der Waals surface area contributed by atoms with Crippen molar-refractivity contribution >= 4 is 24.0 Å². The van der Waals surface area contributed by atoms with Gasteiger partial charge in [-0.25, -0.2) is 4.79 Å². The Morgan fingerprint density at radius 1 is 0.722 bits per heavy atom.